The third-order valence-corrected chi connectivity index (χ3v) is 8.50. The van der Waals surface area contributed by atoms with Crippen molar-refractivity contribution in [2.75, 3.05) is 19.6 Å². The van der Waals surface area contributed by atoms with Crippen molar-refractivity contribution in [2.24, 2.45) is 17.6 Å². The number of benzene rings is 1. The summed E-state index contributed by atoms with van der Waals surface area (Å²) in [4.78, 5) is 40.9. The second kappa shape index (κ2) is 8.84. The summed E-state index contributed by atoms with van der Waals surface area (Å²) < 4.78 is 0. The summed E-state index contributed by atoms with van der Waals surface area (Å²) in [5.41, 5.74) is 9.21. The predicted octanol–water partition coefficient (Wildman–Crippen LogP) is 2.52. The zero-order valence-electron chi connectivity index (χ0n) is 19.6. The lowest BCUT2D eigenvalue weighted by molar-refractivity contribution is -0.136. The summed E-state index contributed by atoms with van der Waals surface area (Å²) in [6.07, 6.45) is 7.92. The fourth-order valence-corrected chi connectivity index (χ4v) is 6.18. The van der Waals surface area contributed by atoms with Crippen LogP contribution in [0.5, 0.6) is 0 Å². The number of nitrogens with two attached hydrogens (primary N) is 1. The molecule has 7 nitrogen and oxygen atoms in total. The van der Waals surface area contributed by atoms with E-state index in [4.69, 9.17) is 5.73 Å². The van der Waals surface area contributed by atoms with Crippen molar-refractivity contribution in [3.8, 4) is 0 Å². The number of imide groups is 1. The van der Waals surface area contributed by atoms with Gasteiger partial charge < -0.3 is 15.5 Å². The van der Waals surface area contributed by atoms with Gasteiger partial charge in [0.05, 0.1) is 0 Å². The van der Waals surface area contributed by atoms with Gasteiger partial charge in [-0.3, -0.25) is 19.7 Å². The number of amides is 3. The zero-order chi connectivity index (χ0) is 23.2. The maximum Gasteiger partial charge on any atom is 0.255 e. The fourth-order valence-electron chi connectivity index (χ4n) is 6.18. The minimum Gasteiger partial charge on any atom is -0.322 e. The second-order valence-corrected chi connectivity index (χ2v) is 10.9. The number of fused-ring (bicyclic) bond motifs is 1. The molecule has 4 aliphatic rings. The van der Waals surface area contributed by atoms with E-state index >= 15 is 0 Å². The van der Waals surface area contributed by atoms with Crippen LogP contribution in [-0.4, -0.2) is 53.2 Å². The average Bonchev–Trinajstić information content (AvgIpc) is 3.13. The molecule has 2 saturated heterocycles. The van der Waals surface area contributed by atoms with Crippen molar-refractivity contribution in [2.45, 2.75) is 76.4 Å². The molecule has 3 aliphatic heterocycles. The highest BCUT2D eigenvalue weighted by Gasteiger charge is 2.40. The van der Waals surface area contributed by atoms with Gasteiger partial charge in [0, 0.05) is 43.7 Å². The number of carbonyl (C=O) groups excluding carboxylic acids is 3. The third-order valence-electron chi connectivity index (χ3n) is 8.50. The Kier molecular flexibility index (Phi) is 6.04. The number of rotatable bonds is 4. The van der Waals surface area contributed by atoms with Gasteiger partial charge in [-0.15, -0.1) is 0 Å². The molecule has 1 atom stereocenters. The quantitative estimate of drug-likeness (QED) is 0.685. The van der Waals surface area contributed by atoms with Crippen LogP contribution in [-0.2, 0) is 21.7 Å². The van der Waals surface area contributed by atoms with Gasteiger partial charge in [-0.25, -0.2) is 0 Å². The molecule has 3 N–H and O–H groups in total. The minimum atomic E-state index is -0.580. The average molecular weight is 453 g/mol. The smallest absolute Gasteiger partial charge is 0.255 e. The van der Waals surface area contributed by atoms with Crippen LogP contribution in [0.2, 0.25) is 0 Å². The maximum atomic E-state index is 13.0. The van der Waals surface area contributed by atoms with Crippen molar-refractivity contribution in [3.05, 3.63) is 34.9 Å². The highest BCUT2D eigenvalue weighted by molar-refractivity contribution is 6.05. The summed E-state index contributed by atoms with van der Waals surface area (Å²) >= 11 is 0. The number of hydrogen-bond donors (Lipinski definition) is 2. The largest absolute Gasteiger partial charge is 0.322 e. The molecule has 3 fully saturated rings. The fraction of sp³-hybridized carbons (Fsp3) is 0.654. The first-order valence-corrected chi connectivity index (χ1v) is 12.6. The Balaban J connectivity index is 1.23. The van der Waals surface area contributed by atoms with Crippen molar-refractivity contribution in [1.29, 1.82) is 0 Å². The van der Waals surface area contributed by atoms with Gasteiger partial charge in [-0.1, -0.05) is 31.9 Å². The number of likely N-dealkylation sites (tertiary alicyclic amines) is 1. The monoisotopic (exact) mass is 452 g/mol. The highest BCUT2D eigenvalue weighted by Crippen LogP contribution is 2.36. The van der Waals surface area contributed by atoms with Crippen molar-refractivity contribution < 1.29 is 14.4 Å². The summed E-state index contributed by atoms with van der Waals surface area (Å²) in [6.45, 7) is 6.00. The molecule has 178 valence electrons. The van der Waals surface area contributed by atoms with Crippen LogP contribution in [0.1, 0.15) is 79.8 Å². The first-order valence-electron chi connectivity index (χ1n) is 12.6. The summed E-state index contributed by atoms with van der Waals surface area (Å²) in [6, 6.07) is 5.38. The Morgan fingerprint density at radius 2 is 1.79 bits per heavy atom. The van der Waals surface area contributed by atoms with Gasteiger partial charge in [-0.2, -0.15) is 0 Å². The molecule has 1 aromatic carbocycles. The Bertz CT molecular complexity index is 945. The Morgan fingerprint density at radius 3 is 2.48 bits per heavy atom. The molecule has 7 heteroatoms. The van der Waals surface area contributed by atoms with Crippen LogP contribution in [0.3, 0.4) is 0 Å². The number of piperidine rings is 2. The van der Waals surface area contributed by atoms with E-state index < -0.39 is 6.04 Å². The number of nitrogens with one attached hydrogen (secondary N) is 1. The Labute approximate surface area is 196 Å². The molecule has 3 amide bonds. The van der Waals surface area contributed by atoms with Crippen LogP contribution < -0.4 is 11.1 Å². The lowest BCUT2D eigenvalue weighted by atomic mass is 9.79. The Hall–Kier alpha value is -2.25. The van der Waals surface area contributed by atoms with Crippen molar-refractivity contribution >= 4 is 17.7 Å². The minimum absolute atomic E-state index is 0.131. The molecule has 1 saturated carbocycles. The van der Waals surface area contributed by atoms with Crippen LogP contribution in [0.15, 0.2) is 18.2 Å². The molecule has 5 rings (SSSR count). The molecule has 33 heavy (non-hydrogen) atoms. The molecular weight excluding hydrogens is 416 g/mol. The standard InChI is InChI=1S/C26H36N4O3/c1-17-2-4-18(5-3-17)15-29-12-10-26(27,11-13-29)20-6-7-21-19(14-20)16-30(25(21)33)22-8-9-23(31)28-24(22)32/h6-7,14,17-18,22H,2-5,8-13,15-16,27H2,1H3,(H,28,31,32). The highest BCUT2D eigenvalue weighted by atomic mass is 16.2. The SMILES string of the molecule is CC1CCC(CN2CCC(N)(c3ccc4c(c3)CN(C3CCC(=O)NC3=O)C4=O)CC2)CC1. The van der Waals surface area contributed by atoms with Crippen molar-refractivity contribution in [1.82, 2.24) is 15.1 Å². The number of hydrogen-bond acceptors (Lipinski definition) is 5. The topological polar surface area (TPSA) is 95.7 Å². The maximum absolute atomic E-state index is 13.0. The molecule has 0 aromatic heterocycles. The van der Waals surface area contributed by atoms with E-state index in [1.165, 1.54) is 32.2 Å². The van der Waals surface area contributed by atoms with Gasteiger partial charge in [0.1, 0.15) is 6.04 Å². The zero-order valence-corrected chi connectivity index (χ0v) is 19.6. The molecular formula is C26H36N4O3. The van der Waals surface area contributed by atoms with Gasteiger partial charge in [0.15, 0.2) is 0 Å². The van der Waals surface area contributed by atoms with E-state index in [0.717, 1.165) is 48.9 Å². The van der Waals surface area contributed by atoms with Gasteiger partial charge >= 0.3 is 0 Å². The first kappa shape index (κ1) is 22.5. The van der Waals surface area contributed by atoms with Gasteiger partial charge in [0.25, 0.3) is 5.91 Å². The second-order valence-electron chi connectivity index (χ2n) is 10.9. The van der Waals surface area contributed by atoms with Crippen LogP contribution in [0.25, 0.3) is 0 Å². The van der Waals surface area contributed by atoms with Crippen LogP contribution in [0, 0.1) is 11.8 Å². The van der Waals surface area contributed by atoms with Crippen LogP contribution in [0.4, 0.5) is 0 Å². The summed E-state index contributed by atoms with van der Waals surface area (Å²) in [5, 5.41) is 2.36. The van der Waals surface area contributed by atoms with Gasteiger partial charge in [-0.05, 0) is 61.1 Å². The Morgan fingerprint density at radius 1 is 1.06 bits per heavy atom. The van der Waals surface area contributed by atoms with E-state index in [-0.39, 0.29) is 29.7 Å². The van der Waals surface area contributed by atoms with E-state index in [1.807, 2.05) is 12.1 Å². The molecule has 0 spiro atoms. The summed E-state index contributed by atoms with van der Waals surface area (Å²) in [5.74, 6) is 0.946. The molecule has 0 radical (unpaired) electrons. The molecule has 0 bridgehead atoms. The molecule has 1 aliphatic carbocycles. The van der Waals surface area contributed by atoms with E-state index in [1.54, 1.807) is 4.90 Å². The van der Waals surface area contributed by atoms with Gasteiger partial charge in [0.2, 0.25) is 11.8 Å². The molecule has 3 heterocycles. The number of carbonyl (C=O) groups is 3. The first-order chi connectivity index (χ1) is 15.8. The van der Waals surface area contributed by atoms with E-state index in [2.05, 4.69) is 23.2 Å². The van der Waals surface area contributed by atoms with Crippen LogP contribution >= 0.6 is 0 Å². The van der Waals surface area contributed by atoms with E-state index in [0.29, 0.717) is 18.5 Å². The normalized spacial score (nSPS) is 30.3. The van der Waals surface area contributed by atoms with E-state index in [9.17, 15) is 14.4 Å². The number of nitrogens with zero attached hydrogens (tertiary/aromatic N) is 2. The molecule has 1 aromatic rings. The lowest BCUT2D eigenvalue weighted by Gasteiger charge is -2.41. The lowest BCUT2D eigenvalue weighted by Crippen LogP contribution is -2.52. The summed E-state index contributed by atoms with van der Waals surface area (Å²) in [7, 11) is 0. The predicted molar refractivity (Wildman–Crippen MR) is 125 cm³/mol. The third kappa shape index (κ3) is 4.45. The van der Waals surface area contributed by atoms with Crippen molar-refractivity contribution in [3.63, 3.8) is 0 Å². The molecule has 1 unspecified atom stereocenters.